The fraction of sp³-hybridized carbons (Fsp3) is 0.500. The number of terminal acetylenes is 1. The van der Waals surface area contributed by atoms with Crippen molar-refractivity contribution in [2.45, 2.75) is 19.4 Å². The topological polar surface area (TPSA) is 12.0 Å². The summed E-state index contributed by atoms with van der Waals surface area (Å²) in [6, 6.07) is 2.74. The summed E-state index contributed by atoms with van der Waals surface area (Å²) in [6.45, 7) is 3.27. The van der Waals surface area contributed by atoms with Crippen LogP contribution in [0.15, 0.2) is 16.8 Å². The van der Waals surface area contributed by atoms with Crippen LogP contribution in [0.25, 0.3) is 0 Å². The Morgan fingerprint density at radius 3 is 3.20 bits per heavy atom. The zero-order valence-electron chi connectivity index (χ0n) is 9.03. The number of hydrogen-bond donors (Lipinski definition) is 1. The van der Waals surface area contributed by atoms with Gasteiger partial charge < -0.3 is 5.32 Å². The summed E-state index contributed by atoms with van der Waals surface area (Å²) >= 11 is 3.57. The zero-order valence-corrected chi connectivity index (χ0v) is 10.7. The largest absolute Gasteiger partial charge is 0.313 e. The lowest BCUT2D eigenvalue weighted by Crippen LogP contribution is -2.29. The van der Waals surface area contributed by atoms with Gasteiger partial charge in [-0.05, 0) is 35.7 Å². The molecule has 1 N–H and O–H groups in total. The summed E-state index contributed by atoms with van der Waals surface area (Å²) in [5.41, 5.74) is 1.43. The molecule has 0 aliphatic rings. The summed E-state index contributed by atoms with van der Waals surface area (Å²) in [5, 5.41) is 7.84. The third kappa shape index (κ3) is 5.88. The standard InChI is InChI=1S/C12H17NS2/c1-3-6-14-8-5-13-11(2)9-12-4-7-15-10-12/h1,4,7,10-11,13H,5-6,8-9H2,2H3. The second kappa shape index (κ2) is 7.81. The lowest BCUT2D eigenvalue weighted by molar-refractivity contribution is 0.568. The van der Waals surface area contributed by atoms with E-state index in [0.29, 0.717) is 6.04 Å². The smallest absolute Gasteiger partial charge is 0.0545 e. The first-order valence-corrected chi connectivity index (χ1v) is 7.18. The van der Waals surface area contributed by atoms with Gasteiger partial charge in [0.2, 0.25) is 0 Å². The second-order valence-corrected chi connectivity index (χ2v) is 5.33. The zero-order chi connectivity index (χ0) is 10.9. The molecule has 3 heteroatoms. The van der Waals surface area contributed by atoms with Gasteiger partial charge in [-0.25, -0.2) is 0 Å². The minimum Gasteiger partial charge on any atom is -0.313 e. The number of thiophene rings is 1. The molecular formula is C12H17NS2. The van der Waals surface area contributed by atoms with Crippen LogP contribution in [0, 0.1) is 12.3 Å². The minimum atomic E-state index is 0.547. The Bertz CT molecular complexity index is 287. The molecule has 1 unspecified atom stereocenters. The second-order valence-electron chi connectivity index (χ2n) is 3.45. The van der Waals surface area contributed by atoms with Gasteiger partial charge in [0.1, 0.15) is 0 Å². The van der Waals surface area contributed by atoms with Crippen molar-refractivity contribution in [1.82, 2.24) is 5.32 Å². The van der Waals surface area contributed by atoms with E-state index in [4.69, 9.17) is 6.42 Å². The maximum atomic E-state index is 5.17. The van der Waals surface area contributed by atoms with Gasteiger partial charge in [-0.2, -0.15) is 11.3 Å². The van der Waals surface area contributed by atoms with E-state index in [1.807, 2.05) is 0 Å². The van der Waals surface area contributed by atoms with E-state index in [-0.39, 0.29) is 0 Å². The van der Waals surface area contributed by atoms with E-state index in [1.165, 1.54) is 5.56 Å². The Balaban J connectivity index is 2.04. The lowest BCUT2D eigenvalue weighted by atomic mass is 10.1. The van der Waals surface area contributed by atoms with Gasteiger partial charge in [0.25, 0.3) is 0 Å². The third-order valence-corrected chi connectivity index (χ3v) is 3.64. The third-order valence-electron chi connectivity index (χ3n) is 2.05. The molecule has 82 valence electrons. The molecule has 0 saturated heterocycles. The van der Waals surface area contributed by atoms with Crippen molar-refractivity contribution in [3.8, 4) is 12.3 Å². The maximum Gasteiger partial charge on any atom is 0.0545 e. The van der Waals surface area contributed by atoms with Crippen LogP contribution in [-0.2, 0) is 6.42 Å². The SMILES string of the molecule is C#CCSCCNC(C)Cc1ccsc1. The summed E-state index contributed by atoms with van der Waals surface area (Å²) in [6.07, 6.45) is 6.29. The Labute approximate surface area is 101 Å². The van der Waals surface area contributed by atoms with Crippen molar-refractivity contribution in [2.24, 2.45) is 0 Å². The van der Waals surface area contributed by atoms with Crippen LogP contribution in [0.5, 0.6) is 0 Å². The van der Waals surface area contributed by atoms with Crippen LogP contribution in [0.4, 0.5) is 0 Å². The van der Waals surface area contributed by atoms with E-state index in [1.54, 1.807) is 23.1 Å². The Kier molecular flexibility index (Phi) is 6.58. The normalized spacial score (nSPS) is 12.3. The van der Waals surface area contributed by atoms with Crippen LogP contribution in [0.1, 0.15) is 12.5 Å². The Hall–Kier alpha value is -0.430. The van der Waals surface area contributed by atoms with E-state index < -0.39 is 0 Å². The molecule has 0 aromatic carbocycles. The molecule has 0 amide bonds. The van der Waals surface area contributed by atoms with Crippen molar-refractivity contribution in [3.05, 3.63) is 22.4 Å². The Morgan fingerprint density at radius 1 is 1.67 bits per heavy atom. The van der Waals surface area contributed by atoms with Gasteiger partial charge >= 0.3 is 0 Å². The molecule has 0 spiro atoms. The highest BCUT2D eigenvalue weighted by Gasteiger charge is 2.02. The quantitative estimate of drug-likeness (QED) is 0.580. The molecule has 15 heavy (non-hydrogen) atoms. The number of nitrogens with one attached hydrogen (secondary N) is 1. The summed E-state index contributed by atoms with van der Waals surface area (Å²) in [7, 11) is 0. The van der Waals surface area contributed by atoms with Gasteiger partial charge in [-0.3, -0.25) is 0 Å². The van der Waals surface area contributed by atoms with Gasteiger partial charge in [0.15, 0.2) is 0 Å². The van der Waals surface area contributed by atoms with Gasteiger partial charge in [0.05, 0.1) is 5.75 Å². The van der Waals surface area contributed by atoms with Crippen LogP contribution in [0.3, 0.4) is 0 Å². The summed E-state index contributed by atoms with van der Waals surface area (Å²) in [5.74, 6) is 4.54. The molecule has 1 aromatic heterocycles. The number of thioether (sulfide) groups is 1. The van der Waals surface area contributed by atoms with Gasteiger partial charge in [-0.15, -0.1) is 18.2 Å². The molecule has 0 aliphatic heterocycles. The van der Waals surface area contributed by atoms with Crippen molar-refractivity contribution < 1.29 is 0 Å². The molecule has 1 nitrogen and oxygen atoms in total. The average Bonchev–Trinajstić information content (AvgIpc) is 2.70. The van der Waals surface area contributed by atoms with Crippen LogP contribution >= 0.6 is 23.1 Å². The van der Waals surface area contributed by atoms with E-state index >= 15 is 0 Å². The fourth-order valence-corrected chi connectivity index (χ4v) is 2.55. The van der Waals surface area contributed by atoms with E-state index in [0.717, 1.165) is 24.5 Å². The molecule has 0 aliphatic carbocycles. The van der Waals surface area contributed by atoms with E-state index in [9.17, 15) is 0 Å². The van der Waals surface area contributed by atoms with Crippen molar-refractivity contribution >= 4 is 23.1 Å². The number of hydrogen-bond acceptors (Lipinski definition) is 3. The van der Waals surface area contributed by atoms with Crippen LogP contribution in [0.2, 0.25) is 0 Å². The van der Waals surface area contributed by atoms with Gasteiger partial charge in [0, 0.05) is 18.3 Å². The predicted octanol–water partition coefficient (Wildman–Crippen LogP) is 2.64. The maximum absolute atomic E-state index is 5.17. The van der Waals surface area contributed by atoms with Crippen molar-refractivity contribution in [2.75, 3.05) is 18.1 Å². The highest BCUT2D eigenvalue weighted by molar-refractivity contribution is 7.99. The average molecular weight is 239 g/mol. The molecule has 0 bridgehead atoms. The Morgan fingerprint density at radius 2 is 2.53 bits per heavy atom. The minimum absolute atomic E-state index is 0.547. The first-order chi connectivity index (χ1) is 7.33. The fourth-order valence-electron chi connectivity index (χ4n) is 1.34. The summed E-state index contributed by atoms with van der Waals surface area (Å²) < 4.78 is 0. The molecular weight excluding hydrogens is 222 g/mol. The van der Waals surface area contributed by atoms with Gasteiger partial charge in [-0.1, -0.05) is 5.92 Å². The van der Waals surface area contributed by atoms with Crippen LogP contribution < -0.4 is 5.32 Å². The first kappa shape index (κ1) is 12.6. The molecule has 1 aromatic rings. The molecule has 1 heterocycles. The molecule has 1 rings (SSSR count). The van der Waals surface area contributed by atoms with Crippen LogP contribution in [-0.4, -0.2) is 24.1 Å². The molecule has 0 radical (unpaired) electrons. The monoisotopic (exact) mass is 239 g/mol. The van der Waals surface area contributed by atoms with Crippen molar-refractivity contribution in [1.29, 1.82) is 0 Å². The predicted molar refractivity (Wildman–Crippen MR) is 71.6 cm³/mol. The molecule has 0 saturated carbocycles. The molecule has 1 atom stereocenters. The molecule has 0 fully saturated rings. The highest BCUT2D eigenvalue weighted by atomic mass is 32.2. The van der Waals surface area contributed by atoms with Crippen molar-refractivity contribution in [3.63, 3.8) is 0 Å². The first-order valence-electron chi connectivity index (χ1n) is 5.08. The van der Waals surface area contributed by atoms with E-state index in [2.05, 4.69) is 35.0 Å². The lowest BCUT2D eigenvalue weighted by Gasteiger charge is -2.12. The number of rotatable bonds is 7. The summed E-state index contributed by atoms with van der Waals surface area (Å²) in [4.78, 5) is 0. The highest BCUT2D eigenvalue weighted by Crippen LogP contribution is 2.08.